The van der Waals surface area contributed by atoms with Crippen molar-refractivity contribution in [2.75, 3.05) is 13.7 Å². The molecule has 0 atom stereocenters. The van der Waals surface area contributed by atoms with E-state index in [4.69, 9.17) is 10.5 Å². The highest BCUT2D eigenvalue weighted by molar-refractivity contribution is 6.44. The number of aromatic nitrogens is 2. The van der Waals surface area contributed by atoms with Crippen molar-refractivity contribution in [3.8, 4) is 5.75 Å². The van der Waals surface area contributed by atoms with E-state index in [2.05, 4.69) is 9.84 Å². The number of benzene rings is 1. The molecule has 0 saturated heterocycles. The van der Waals surface area contributed by atoms with Gasteiger partial charge in [0.2, 0.25) is 0 Å². The number of amides is 1. The van der Waals surface area contributed by atoms with Gasteiger partial charge in [-0.3, -0.25) is 9.59 Å². The molecule has 8 nitrogen and oxygen atoms in total. The lowest BCUT2D eigenvalue weighted by Gasteiger charge is -2.10. The van der Waals surface area contributed by atoms with Gasteiger partial charge in [-0.25, -0.2) is 13.7 Å². The zero-order valence-corrected chi connectivity index (χ0v) is 17.4. The summed E-state index contributed by atoms with van der Waals surface area (Å²) in [6, 6.07) is 7.52. The van der Waals surface area contributed by atoms with Crippen LogP contribution in [-0.2, 0) is 27.2 Å². The number of hydrogen-bond donors (Lipinski definition) is 1. The summed E-state index contributed by atoms with van der Waals surface area (Å²) < 4.78 is 25.1. The summed E-state index contributed by atoms with van der Waals surface area (Å²) in [5.74, 6) is -2.77. The van der Waals surface area contributed by atoms with Gasteiger partial charge in [-0.05, 0) is 36.6 Å². The number of ketones is 1. The van der Waals surface area contributed by atoms with Crippen LogP contribution in [0.4, 0.5) is 4.39 Å². The maximum Gasteiger partial charge on any atom is 0.343 e. The number of carbonyl (C=O) groups is 3. The minimum Gasteiger partial charge on any atom is -0.480 e. The average molecular weight is 427 g/mol. The molecule has 0 unspecified atom stereocenters. The molecule has 0 radical (unpaired) electrons. The van der Waals surface area contributed by atoms with Crippen LogP contribution in [0.3, 0.4) is 0 Å². The standard InChI is InChI=1S/C22H22FN3O5/c1-4-15-16(10-13-5-7-14(23)8-6-13)26-20(19(15)21(28)22(24)29)17(9-12(2)25-26)31-11-18(27)30-3/h5-9H,4,10-11H2,1-3H3,(H2,24,29). The van der Waals surface area contributed by atoms with Gasteiger partial charge >= 0.3 is 5.97 Å². The summed E-state index contributed by atoms with van der Waals surface area (Å²) in [6.45, 7) is 3.18. The predicted octanol–water partition coefficient (Wildman–Crippen LogP) is 2.15. The molecule has 9 heteroatoms. The Morgan fingerprint density at radius 3 is 2.45 bits per heavy atom. The molecule has 0 bridgehead atoms. The first-order chi connectivity index (χ1) is 14.8. The van der Waals surface area contributed by atoms with Crippen LogP contribution >= 0.6 is 0 Å². The zero-order valence-electron chi connectivity index (χ0n) is 17.4. The summed E-state index contributed by atoms with van der Waals surface area (Å²) in [5, 5.41) is 4.51. The van der Waals surface area contributed by atoms with E-state index in [-0.39, 0.29) is 29.3 Å². The van der Waals surface area contributed by atoms with Crippen molar-refractivity contribution in [3.05, 3.63) is 64.2 Å². The number of nitrogens with two attached hydrogens (primary N) is 1. The van der Waals surface area contributed by atoms with Crippen molar-refractivity contribution in [2.24, 2.45) is 5.73 Å². The Morgan fingerprint density at radius 1 is 1.19 bits per heavy atom. The third-order valence-corrected chi connectivity index (χ3v) is 4.85. The first kappa shape index (κ1) is 21.9. The van der Waals surface area contributed by atoms with Gasteiger partial charge < -0.3 is 15.2 Å². The summed E-state index contributed by atoms with van der Waals surface area (Å²) in [6.07, 6.45) is 0.729. The van der Waals surface area contributed by atoms with Crippen LogP contribution in [0, 0.1) is 12.7 Å². The molecule has 3 rings (SSSR count). The lowest BCUT2D eigenvalue weighted by Crippen LogP contribution is -2.24. The Kier molecular flexibility index (Phi) is 6.33. The van der Waals surface area contributed by atoms with E-state index in [9.17, 15) is 18.8 Å². The maximum atomic E-state index is 13.3. The van der Waals surface area contributed by atoms with Crippen LogP contribution in [0.2, 0.25) is 0 Å². The third-order valence-electron chi connectivity index (χ3n) is 4.85. The van der Waals surface area contributed by atoms with Gasteiger partial charge in [-0.15, -0.1) is 0 Å². The number of esters is 1. The quantitative estimate of drug-likeness (QED) is 0.335. The first-order valence-corrected chi connectivity index (χ1v) is 9.59. The van der Waals surface area contributed by atoms with E-state index in [0.29, 0.717) is 29.8 Å². The minimum atomic E-state index is -1.12. The molecule has 0 fully saturated rings. The number of fused-ring (bicyclic) bond motifs is 1. The van der Waals surface area contributed by atoms with Crippen LogP contribution in [-0.4, -0.2) is 41.0 Å². The van der Waals surface area contributed by atoms with E-state index in [1.807, 2.05) is 6.92 Å². The highest BCUT2D eigenvalue weighted by Crippen LogP contribution is 2.33. The number of aryl methyl sites for hydroxylation is 1. The molecule has 2 aromatic heterocycles. The van der Waals surface area contributed by atoms with E-state index in [0.717, 1.165) is 5.56 Å². The smallest absolute Gasteiger partial charge is 0.343 e. The molecule has 31 heavy (non-hydrogen) atoms. The Morgan fingerprint density at radius 2 is 1.87 bits per heavy atom. The number of nitrogens with zero attached hydrogens (tertiary/aromatic N) is 2. The van der Waals surface area contributed by atoms with Crippen LogP contribution in [0.25, 0.3) is 5.52 Å². The van der Waals surface area contributed by atoms with Crippen LogP contribution < -0.4 is 10.5 Å². The molecule has 3 aromatic rings. The molecule has 2 N–H and O–H groups in total. The molecule has 2 heterocycles. The SMILES string of the molecule is CCc1c(C(=O)C(N)=O)c2c(OCC(=O)OC)cc(C)nn2c1Cc1ccc(F)cc1. The fraction of sp³-hybridized carbons (Fsp3) is 0.273. The fourth-order valence-corrected chi connectivity index (χ4v) is 3.47. The second kappa shape index (κ2) is 8.95. The van der Waals surface area contributed by atoms with E-state index < -0.39 is 17.7 Å². The maximum absolute atomic E-state index is 13.3. The highest BCUT2D eigenvalue weighted by Gasteiger charge is 2.29. The molecule has 0 aliphatic carbocycles. The Hall–Kier alpha value is -3.75. The van der Waals surface area contributed by atoms with Gasteiger partial charge in [0.25, 0.3) is 11.7 Å². The minimum absolute atomic E-state index is 0.0828. The van der Waals surface area contributed by atoms with E-state index in [1.165, 1.54) is 23.8 Å². The lowest BCUT2D eigenvalue weighted by atomic mass is 9.99. The number of carbonyl (C=O) groups excluding carboxylic acids is 3. The van der Waals surface area contributed by atoms with Gasteiger partial charge in [0.05, 0.1) is 24.1 Å². The summed E-state index contributed by atoms with van der Waals surface area (Å²) in [4.78, 5) is 36.2. The van der Waals surface area contributed by atoms with Crippen molar-refractivity contribution < 1.29 is 28.2 Å². The second-order valence-electron chi connectivity index (χ2n) is 6.93. The second-order valence-corrected chi connectivity index (χ2v) is 6.93. The van der Waals surface area contributed by atoms with E-state index >= 15 is 0 Å². The fourth-order valence-electron chi connectivity index (χ4n) is 3.47. The normalized spacial score (nSPS) is 10.8. The van der Waals surface area contributed by atoms with Crippen molar-refractivity contribution >= 4 is 23.2 Å². The molecular weight excluding hydrogens is 405 g/mol. The monoisotopic (exact) mass is 427 g/mol. The number of rotatable bonds is 8. The number of primary amides is 1. The summed E-state index contributed by atoms with van der Waals surface area (Å²) in [7, 11) is 1.23. The molecule has 162 valence electrons. The van der Waals surface area contributed by atoms with Gasteiger partial charge in [0, 0.05) is 12.5 Å². The molecule has 0 aliphatic rings. The Bertz CT molecular complexity index is 1170. The van der Waals surface area contributed by atoms with Crippen LogP contribution in [0.15, 0.2) is 30.3 Å². The Labute approximate surface area is 177 Å². The predicted molar refractivity (Wildman–Crippen MR) is 110 cm³/mol. The molecule has 1 aromatic carbocycles. The number of halogens is 1. The van der Waals surface area contributed by atoms with Gasteiger partial charge in [0.1, 0.15) is 17.1 Å². The first-order valence-electron chi connectivity index (χ1n) is 9.59. The van der Waals surface area contributed by atoms with Gasteiger partial charge in [-0.2, -0.15) is 5.10 Å². The molecule has 0 saturated carbocycles. The van der Waals surface area contributed by atoms with Gasteiger partial charge in [0.15, 0.2) is 6.61 Å². The van der Waals surface area contributed by atoms with Gasteiger partial charge in [-0.1, -0.05) is 19.1 Å². The largest absolute Gasteiger partial charge is 0.480 e. The van der Waals surface area contributed by atoms with Crippen LogP contribution in [0.1, 0.15) is 39.8 Å². The lowest BCUT2D eigenvalue weighted by molar-refractivity contribution is -0.142. The zero-order chi connectivity index (χ0) is 22.7. The van der Waals surface area contributed by atoms with Crippen molar-refractivity contribution in [1.82, 2.24) is 9.61 Å². The van der Waals surface area contributed by atoms with E-state index in [1.54, 1.807) is 25.1 Å². The van der Waals surface area contributed by atoms with Crippen molar-refractivity contribution in [3.63, 3.8) is 0 Å². The highest BCUT2D eigenvalue weighted by atomic mass is 19.1. The summed E-state index contributed by atoms with van der Waals surface area (Å²) >= 11 is 0. The average Bonchev–Trinajstić information content (AvgIpc) is 3.05. The van der Waals surface area contributed by atoms with Crippen LogP contribution in [0.5, 0.6) is 5.75 Å². The number of Topliss-reactive ketones (excluding diaryl/α,β-unsaturated/α-hetero) is 1. The number of methoxy groups -OCH3 is 1. The number of ether oxygens (including phenoxy) is 2. The Balaban J connectivity index is 2.28. The molecular formula is C22H22FN3O5. The van der Waals surface area contributed by atoms with Crippen molar-refractivity contribution in [1.29, 1.82) is 0 Å². The molecule has 0 spiro atoms. The third kappa shape index (κ3) is 4.40. The summed E-state index contributed by atoms with van der Waals surface area (Å²) in [5.41, 5.74) is 8.20. The van der Waals surface area contributed by atoms with Crippen molar-refractivity contribution in [2.45, 2.75) is 26.7 Å². The molecule has 0 aliphatic heterocycles. The molecule has 1 amide bonds. The topological polar surface area (TPSA) is 113 Å². The number of hydrogen-bond acceptors (Lipinski definition) is 6.